The zero-order valence-corrected chi connectivity index (χ0v) is 19.8. The number of urea groups is 1. The molecule has 2 amide bonds. The van der Waals surface area contributed by atoms with Crippen LogP contribution >= 0.6 is 0 Å². The van der Waals surface area contributed by atoms with E-state index in [1.54, 1.807) is 4.90 Å². The molecule has 3 aromatic rings. The van der Waals surface area contributed by atoms with Crippen molar-refractivity contribution >= 4 is 22.6 Å². The Balaban J connectivity index is 1.56. The molecule has 0 bridgehead atoms. The van der Waals surface area contributed by atoms with Crippen LogP contribution in [-0.2, 0) is 11.3 Å². The molecule has 8 nitrogen and oxygen atoms in total. The molecule has 0 saturated carbocycles. The van der Waals surface area contributed by atoms with E-state index in [-0.39, 0.29) is 18.1 Å². The highest BCUT2D eigenvalue weighted by Gasteiger charge is 2.19. The fourth-order valence-corrected chi connectivity index (χ4v) is 3.99. The zero-order chi connectivity index (χ0) is 23.9. The van der Waals surface area contributed by atoms with E-state index in [0.717, 1.165) is 41.0 Å². The average Bonchev–Trinajstić information content (AvgIpc) is 2.84. The highest BCUT2D eigenvalue weighted by atomic mass is 16.5. The summed E-state index contributed by atoms with van der Waals surface area (Å²) < 4.78 is 11.0. The van der Waals surface area contributed by atoms with Crippen molar-refractivity contribution in [1.29, 1.82) is 0 Å². The number of aromatic amines is 1. The standard InChI is InChI=1S/C26H32N4O4/c1-3-34-23-8-9-24-20(17-23)16-21(25(31)28-24)18-30(11-10-29-12-14-33-15-13-29)26(32)27-22-6-4-19(2)5-7-22/h4-9,16-17H,3,10-15,18H2,1-2H3,(H,27,32)(H,28,31). The van der Waals surface area contributed by atoms with Crippen molar-refractivity contribution in [2.75, 3.05) is 51.3 Å². The Bertz CT molecular complexity index is 1170. The van der Waals surface area contributed by atoms with Gasteiger partial charge in [-0.05, 0) is 50.2 Å². The Labute approximate surface area is 199 Å². The number of pyridine rings is 1. The van der Waals surface area contributed by atoms with Crippen LogP contribution in [-0.4, -0.2) is 66.8 Å². The SMILES string of the molecule is CCOc1ccc2[nH]c(=O)c(CN(CCN3CCOCC3)C(=O)Nc3ccc(C)cc3)cc2c1. The van der Waals surface area contributed by atoms with E-state index in [2.05, 4.69) is 15.2 Å². The predicted octanol–water partition coefficient (Wildman–Crippen LogP) is 3.60. The molecule has 1 saturated heterocycles. The number of morpholine rings is 1. The van der Waals surface area contributed by atoms with Crippen LogP contribution in [0.5, 0.6) is 5.75 Å². The maximum absolute atomic E-state index is 13.2. The first-order valence-corrected chi connectivity index (χ1v) is 11.7. The van der Waals surface area contributed by atoms with Gasteiger partial charge in [-0.1, -0.05) is 17.7 Å². The Morgan fingerprint density at radius 1 is 1.15 bits per heavy atom. The van der Waals surface area contributed by atoms with Gasteiger partial charge in [0.2, 0.25) is 0 Å². The summed E-state index contributed by atoms with van der Waals surface area (Å²) in [6.45, 7) is 8.98. The molecule has 1 aromatic heterocycles. The molecule has 0 aliphatic carbocycles. The molecular weight excluding hydrogens is 432 g/mol. The van der Waals surface area contributed by atoms with Crippen molar-refractivity contribution in [3.8, 4) is 5.75 Å². The molecular formula is C26H32N4O4. The molecule has 180 valence electrons. The summed E-state index contributed by atoms with van der Waals surface area (Å²) in [5, 5.41) is 3.84. The third kappa shape index (κ3) is 6.15. The fourth-order valence-electron chi connectivity index (χ4n) is 3.99. The maximum atomic E-state index is 13.2. The van der Waals surface area contributed by atoms with Gasteiger partial charge >= 0.3 is 6.03 Å². The molecule has 2 heterocycles. The lowest BCUT2D eigenvalue weighted by Gasteiger charge is -2.30. The lowest BCUT2D eigenvalue weighted by Crippen LogP contribution is -2.44. The second kappa shape index (κ2) is 11.2. The molecule has 34 heavy (non-hydrogen) atoms. The molecule has 1 aliphatic heterocycles. The van der Waals surface area contributed by atoms with E-state index in [1.165, 1.54) is 0 Å². The average molecular weight is 465 g/mol. The van der Waals surface area contributed by atoms with E-state index >= 15 is 0 Å². The van der Waals surface area contributed by atoms with Gasteiger partial charge in [0.15, 0.2) is 0 Å². The molecule has 0 radical (unpaired) electrons. The van der Waals surface area contributed by atoms with E-state index in [1.807, 2.05) is 62.4 Å². The van der Waals surface area contributed by atoms with Crippen LogP contribution in [0.3, 0.4) is 0 Å². The Hall–Kier alpha value is -3.36. The Morgan fingerprint density at radius 2 is 1.91 bits per heavy atom. The lowest BCUT2D eigenvalue weighted by molar-refractivity contribution is 0.0349. The van der Waals surface area contributed by atoms with Gasteiger partial charge in [0, 0.05) is 48.3 Å². The molecule has 1 aliphatic rings. The largest absolute Gasteiger partial charge is 0.494 e. The first-order chi connectivity index (χ1) is 16.5. The van der Waals surface area contributed by atoms with Crippen LogP contribution in [0, 0.1) is 6.92 Å². The van der Waals surface area contributed by atoms with Gasteiger partial charge < -0.3 is 24.7 Å². The van der Waals surface area contributed by atoms with Crippen LogP contribution in [0.1, 0.15) is 18.1 Å². The number of aryl methyl sites for hydroxylation is 1. The number of nitrogens with zero attached hydrogens (tertiary/aromatic N) is 2. The van der Waals surface area contributed by atoms with E-state index < -0.39 is 0 Å². The van der Waals surface area contributed by atoms with Gasteiger partial charge in [-0.25, -0.2) is 4.79 Å². The highest BCUT2D eigenvalue weighted by molar-refractivity contribution is 5.89. The molecule has 2 aromatic carbocycles. The summed E-state index contributed by atoms with van der Waals surface area (Å²) in [6, 6.07) is 14.9. The summed E-state index contributed by atoms with van der Waals surface area (Å²) >= 11 is 0. The number of H-pyrrole nitrogens is 1. The molecule has 0 atom stereocenters. The van der Waals surface area contributed by atoms with Crippen LogP contribution in [0.25, 0.3) is 10.9 Å². The number of carbonyl (C=O) groups is 1. The Morgan fingerprint density at radius 3 is 2.65 bits per heavy atom. The first kappa shape index (κ1) is 23.8. The van der Waals surface area contributed by atoms with Crippen LogP contribution in [0.15, 0.2) is 53.3 Å². The second-order valence-corrected chi connectivity index (χ2v) is 8.48. The summed E-state index contributed by atoms with van der Waals surface area (Å²) in [5.41, 5.74) is 2.91. The van der Waals surface area contributed by atoms with E-state index in [9.17, 15) is 9.59 Å². The zero-order valence-electron chi connectivity index (χ0n) is 19.8. The van der Waals surface area contributed by atoms with Gasteiger partial charge in [0.1, 0.15) is 5.75 Å². The summed E-state index contributed by atoms with van der Waals surface area (Å²) in [7, 11) is 0. The minimum Gasteiger partial charge on any atom is -0.494 e. The van der Waals surface area contributed by atoms with Gasteiger partial charge in [0.05, 0.1) is 26.4 Å². The lowest BCUT2D eigenvalue weighted by atomic mass is 10.1. The number of anilines is 1. The van der Waals surface area contributed by atoms with Crippen LogP contribution in [0.2, 0.25) is 0 Å². The van der Waals surface area contributed by atoms with Crippen LogP contribution < -0.4 is 15.6 Å². The molecule has 0 spiro atoms. The second-order valence-electron chi connectivity index (χ2n) is 8.48. The monoisotopic (exact) mass is 464 g/mol. The minimum absolute atomic E-state index is 0.198. The van der Waals surface area contributed by atoms with Crippen molar-refractivity contribution in [3.05, 3.63) is 70.0 Å². The number of hydrogen-bond donors (Lipinski definition) is 2. The number of amides is 2. The molecule has 1 fully saturated rings. The number of ether oxygens (including phenoxy) is 2. The molecule has 4 rings (SSSR count). The molecule has 0 unspecified atom stereocenters. The van der Waals surface area contributed by atoms with Crippen molar-refractivity contribution in [3.63, 3.8) is 0 Å². The van der Waals surface area contributed by atoms with Gasteiger partial charge in [-0.3, -0.25) is 9.69 Å². The normalized spacial score (nSPS) is 14.2. The minimum atomic E-state index is -0.236. The highest BCUT2D eigenvalue weighted by Crippen LogP contribution is 2.20. The number of aromatic nitrogens is 1. The quantitative estimate of drug-likeness (QED) is 0.532. The number of fused-ring (bicyclic) bond motifs is 1. The van der Waals surface area contributed by atoms with E-state index in [0.29, 0.717) is 38.5 Å². The number of nitrogens with one attached hydrogen (secondary N) is 2. The van der Waals surface area contributed by atoms with Gasteiger partial charge in [0.25, 0.3) is 5.56 Å². The number of carbonyl (C=O) groups excluding carboxylic acids is 1. The maximum Gasteiger partial charge on any atom is 0.322 e. The first-order valence-electron chi connectivity index (χ1n) is 11.7. The summed E-state index contributed by atoms with van der Waals surface area (Å²) in [4.78, 5) is 33.0. The summed E-state index contributed by atoms with van der Waals surface area (Å²) in [5.74, 6) is 0.745. The van der Waals surface area contributed by atoms with Crippen LogP contribution in [0.4, 0.5) is 10.5 Å². The van der Waals surface area contributed by atoms with Gasteiger partial charge in [-0.15, -0.1) is 0 Å². The number of rotatable bonds is 8. The van der Waals surface area contributed by atoms with Crippen molar-refractivity contribution in [1.82, 2.24) is 14.8 Å². The van der Waals surface area contributed by atoms with Gasteiger partial charge in [-0.2, -0.15) is 0 Å². The topological polar surface area (TPSA) is 86.9 Å². The van der Waals surface area contributed by atoms with Crippen molar-refractivity contribution < 1.29 is 14.3 Å². The number of benzene rings is 2. The smallest absolute Gasteiger partial charge is 0.322 e. The fraction of sp³-hybridized carbons (Fsp3) is 0.385. The third-order valence-electron chi connectivity index (χ3n) is 5.94. The molecule has 8 heteroatoms. The number of hydrogen-bond acceptors (Lipinski definition) is 5. The predicted molar refractivity (Wildman–Crippen MR) is 134 cm³/mol. The van der Waals surface area contributed by atoms with Crippen molar-refractivity contribution in [2.45, 2.75) is 20.4 Å². The summed E-state index contributed by atoms with van der Waals surface area (Å²) in [6.07, 6.45) is 0. The Kier molecular flexibility index (Phi) is 7.82. The van der Waals surface area contributed by atoms with E-state index in [4.69, 9.17) is 9.47 Å². The molecule has 2 N–H and O–H groups in total. The third-order valence-corrected chi connectivity index (χ3v) is 5.94. The van der Waals surface area contributed by atoms with Crippen molar-refractivity contribution in [2.24, 2.45) is 0 Å².